The number of ether oxygens (including phenoxy) is 1. The van der Waals surface area contributed by atoms with Gasteiger partial charge in [0.15, 0.2) is 17.3 Å². The predicted molar refractivity (Wildman–Crippen MR) is 101 cm³/mol. The molecule has 0 aliphatic rings. The summed E-state index contributed by atoms with van der Waals surface area (Å²) in [4.78, 5) is 12.5. The highest BCUT2D eigenvalue weighted by molar-refractivity contribution is 6.07. The summed E-state index contributed by atoms with van der Waals surface area (Å²) < 4.78 is 5.07. The number of carbonyl (C=O) groups is 1. The lowest BCUT2D eigenvalue weighted by Gasteiger charge is -2.14. The fraction of sp³-hybridized carbons (Fsp3) is 0.190. The van der Waals surface area contributed by atoms with E-state index >= 15 is 0 Å². The van der Waals surface area contributed by atoms with Crippen molar-refractivity contribution in [2.24, 2.45) is 0 Å². The second-order valence-electron chi connectivity index (χ2n) is 6.09. The van der Waals surface area contributed by atoms with Gasteiger partial charge in [-0.1, -0.05) is 19.1 Å². The molecule has 0 radical (unpaired) electrons. The number of methoxy groups -OCH3 is 1. The standard InChI is InChI=1S/C21H22O5/c1-12(2)13(3)16-11-15(7-9-18(16)23)17(22)8-5-14-6-10-19(24)20(25)21(14)26-4/h5-11,13,23-25H,1H2,2-4H3/b8-5+. The van der Waals surface area contributed by atoms with Crippen LogP contribution < -0.4 is 4.74 Å². The van der Waals surface area contributed by atoms with Gasteiger partial charge < -0.3 is 20.1 Å². The number of rotatable bonds is 6. The first-order valence-electron chi connectivity index (χ1n) is 8.05. The molecule has 136 valence electrons. The van der Waals surface area contributed by atoms with Crippen molar-refractivity contribution in [3.63, 3.8) is 0 Å². The fourth-order valence-corrected chi connectivity index (χ4v) is 2.50. The molecule has 0 aromatic heterocycles. The number of aromatic hydroxyl groups is 3. The highest BCUT2D eigenvalue weighted by Gasteiger charge is 2.15. The fourth-order valence-electron chi connectivity index (χ4n) is 2.50. The second-order valence-corrected chi connectivity index (χ2v) is 6.09. The normalized spacial score (nSPS) is 12.1. The van der Waals surface area contributed by atoms with Gasteiger partial charge in [-0.25, -0.2) is 0 Å². The number of hydrogen-bond donors (Lipinski definition) is 3. The molecular formula is C21H22O5. The van der Waals surface area contributed by atoms with Gasteiger partial charge in [0, 0.05) is 22.6 Å². The Morgan fingerprint density at radius 2 is 1.81 bits per heavy atom. The van der Waals surface area contributed by atoms with E-state index in [0.29, 0.717) is 16.7 Å². The minimum Gasteiger partial charge on any atom is -0.508 e. The average Bonchev–Trinajstić information content (AvgIpc) is 2.62. The molecule has 0 amide bonds. The van der Waals surface area contributed by atoms with Crippen LogP contribution in [0.25, 0.3) is 6.08 Å². The molecule has 0 saturated carbocycles. The molecule has 0 aliphatic heterocycles. The Hall–Kier alpha value is -3.21. The lowest BCUT2D eigenvalue weighted by molar-refractivity contribution is 0.104. The topological polar surface area (TPSA) is 87.0 Å². The van der Waals surface area contributed by atoms with Gasteiger partial charge in [0.2, 0.25) is 5.75 Å². The molecule has 0 aliphatic carbocycles. The summed E-state index contributed by atoms with van der Waals surface area (Å²) in [6.07, 6.45) is 2.84. The number of phenols is 3. The lowest BCUT2D eigenvalue weighted by Crippen LogP contribution is -2.00. The van der Waals surface area contributed by atoms with E-state index in [-0.39, 0.29) is 34.7 Å². The van der Waals surface area contributed by atoms with Crippen LogP contribution in [0.15, 0.2) is 48.6 Å². The molecule has 5 heteroatoms. The summed E-state index contributed by atoms with van der Waals surface area (Å²) in [5.74, 6) is -0.843. The van der Waals surface area contributed by atoms with Crippen LogP contribution in [0.3, 0.4) is 0 Å². The molecule has 0 fully saturated rings. The van der Waals surface area contributed by atoms with Crippen LogP contribution in [0.2, 0.25) is 0 Å². The minimum atomic E-state index is -0.385. The van der Waals surface area contributed by atoms with E-state index in [0.717, 1.165) is 5.57 Å². The van der Waals surface area contributed by atoms with Crippen molar-refractivity contribution in [2.75, 3.05) is 7.11 Å². The molecule has 2 aromatic carbocycles. The monoisotopic (exact) mass is 354 g/mol. The smallest absolute Gasteiger partial charge is 0.201 e. The van der Waals surface area contributed by atoms with Crippen LogP contribution in [0, 0.1) is 0 Å². The van der Waals surface area contributed by atoms with Crippen LogP contribution in [0.1, 0.15) is 41.3 Å². The van der Waals surface area contributed by atoms with Gasteiger partial charge in [0.1, 0.15) is 5.75 Å². The van der Waals surface area contributed by atoms with E-state index in [1.54, 1.807) is 12.1 Å². The summed E-state index contributed by atoms with van der Waals surface area (Å²) in [7, 11) is 1.36. The van der Waals surface area contributed by atoms with Crippen LogP contribution in [0.4, 0.5) is 0 Å². The quantitative estimate of drug-likeness (QED) is 0.310. The molecular weight excluding hydrogens is 332 g/mol. The maximum Gasteiger partial charge on any atom is 0.201 e. The summed E-state index contributed by atoms with van der Waals surface area (Å²) >= 11 is 0. The van der Waals surface area contributed by atoms with E-state index in [2.05, 4.69) is 6.58 Å². The van der Waals surface area contributed by atoms with Crippen LogP contribution >= 0.6 is 0 Å². The van der Waals surface area contributed by atoms with Gasteiger partial charge in [-0.05, 0) is 49.4 Å². The first-order valence-corrected chi connectivity index (χ1v) is 8.05. The Morgan fingerprint density at radius 1 is 1.15 bits per heavy atom. The highest BCUT2D eigenvalue weighted by atomic mass is 16.5. The van der Waals surface area contributed by atoms with E-state index in [9.17, 15) is 20.1 Å². The Balaban J connectivity index is 2.34. The molecule has 0 spiro atoms. The van der Waals surface area contributed by atoms with Crippen molar-refractivity contribution in [1.29, 1.82) is 0 Å². The van der Waals surface area contributed by atoms with Gasteiger partial charge in [0.25, 0.3) is 0 Å². The summed E-state index contributed by atoms with van der Waals surface area (Å²) in [5, 5.41) is 29.4. The zero-order valence-electron chi connectivity index (χ0n) is 15.0. The molecule has 5 nitrogen and oxygen atoms in total. The van der Waals surface area contributed by atoms with Gasteiger partial charge in [-0.2, -0.15) is 0 Å². The predicted octanol–water partition coefficient (Wildman–Crippen LogP) is 4.39. The molecule has 0 saturated heterocycles. The van der Waals surface area contributed by atoms with Crippen molar-refractivity contribution < 1.29 is 24.9 Å². The van der Waals surface area contributed by atoms with Gasteiger partial charge in [0.05, 0.1) is 7.11 Å². The van der Waals surface area contributed by atoms with Crippen molar-refractivity contribution in [3.05, 3.63) is 65.3 Å². The lowest BCUT2D eigenvalue weighted by atomic mass is 9.92. The zero-order valence-corrected chi connectivity index (χ0v) is 15.0. The first-order chi connectivity index (χ1) is 12.3. The van der Waals surface area contributed by atoms with Crippen LogP contribution in [-0.2, 0) is 0 Å². The molecule has 3 N–H and O–H groups in total. The van der Waals surface area contributed by atoms with Crippen molar-refractivity contribution in [3.8, 4) is 23.0 Å². The molecule has 1 unspecified atom stereocenters. The van der Waals surface area contributed by atoms with Crippen LogP contribution in [0.5, 0.6) is 23.0 Å². The molecule has 0 bridgehead atoms. The van der Waals surface area contributed by atoms with Crippen molar-refractivity contribution in [2.45, 2.75) is 19.8 Å². The third-order valence-corrected chi connectivity index (χ3v) is 4.28. The number of benzene rings is 2. The Morgan fingerprint density at radius 3 is 2.42 bits per heavy atom. The number of phenolic OH excluding ortho intramolecular Hbond substituents is 3. The SMILES string of the molecule is C=C(C)C(C)c1cc(C(=O)/C=C/c2ccc(O)c(O)c2OC)ccc1O. The molecule has 0 heterocycles. The first kappa shape index (κ1) is 19.1. The number of ketones is 1. The van der Waals surface area contributed by atoms with E-state index in [1.807, 2.05) is 13.8 Å². The van der Waals surface area contributed by atoms with Crippen molar-refractivity contribution >= 4 is 11.9 Å². The number of carbonyl (C=O) groups excluding carboxylic acids is 1. The molecule has 26 heavy (non-hydrogen) atoms. The summed E-state index contributed by atoms with van der Waals surface area (Å²) in [6, 6.07) is 7.52. The Labute approximate surface area is 152 Å². The minimum absolute atomic E-state index is 0.0800. The Kier molecular flexibility index (Phi) is 5.72. The highest BCUT2D eigenvalue weighted by Crippen LogP contribution is 2.38. The number of hydrogen-bond acceptors (Lipinski definition) is 5. The summed E-state index contributed by atoms with van der Waals surface area (Å²) in [6.45, 7) is 7.66. The van der Waals surface area contributed by atoms with E-state index in [1.165, 1.54) is 37.5 Å². The number of allylic oxidation sites excluding steroid dienone is 2. The maximum absolute atomic E-state index is 12.5. The van der Waals surface area contributed by atoms with Crippen molar-refractivity contribution in [1.82, 2.24) is 0 Å². The maximum atomic E-state index is 12.5. The van der Waals surface area contributed by atoms with Gasteiger partial charge >= 0.3 is 0 Å². The summed E-state index contributed by atoms with van der Waals surface area (Å²) in [5.41, 5.74) is 2.39. The Bertz CT molecular complexity index is 880. The van der Waals surface area contributed by atoms with Gasteiger partial charge in [-0.3, -0.25) is 4.79 Å². The van der Waals surface area contributed by atoms with E-state index < -0.39 is 0 Å². The zero-order chi connectivity index (χ0) is 19.4. The average molecular weight is 354 g/mol. The second kappa shape index (κ2) is 7.78. The molecule has 1 atom stereocenters. The third kappa shape index (κ3) is 3.88. The largest absolute Gasteiger partial charge is 0.508 e. The van der Waals surface area contributed by atoms with E-state index in [4.69, 9.17) is 4.74 Å². The molecule has 2 aromatic rings. The van der Waals surface area contributed by atoms with Gasteiger partial charge in [-0.15, -0.1) is 0 Å². The van der Waals surface area contributed by atoms with Crippen LogP contribution in [-0.4, -0.2) is 28.2 Å². The third-order valence-electron chi connectivity index (χ3n) is 4.28. The molecule has 2 rings (SSSR count).